The van der Waals surface area contributed by atoms with Crippen molar-refractivity contribution < 1.29 is 0 Å². The van der Waals surface area contributed by atoms with Crippen molar-refractivity contribution in [1.82, 2.24) is 20.4 Å². The van der Waals surface area contributed by atoms with Crippen LogP contribution in [0.5, 0.6) is 0 Å². The molecule has 2 aromatic rings. The molecule has 0 amide bonds. The summed E-state index contributed by atoms with van der Waals surface area (Å²) in [4.78, 5) is 5.61. The lowest BCUT2D eigenvalue weighted by molar-refractivity contribution is 0.724. The molecule has 1 heterocycles. The van der Waals surface area contributed by atoms with Gasteiger partial charge in [-0.15, -0.1) is 35.7 Å². The maximum Gasteiger partial charge on any atom is 0.191 e. The molecule has 1 aromatic carbocycles. The molecule has 27 heavy (non-hydrogen) atoms. The fourth-order valence-electron chi connectivity index (χ4n) is 2.64. The van der Waals surface area contributed by atoms with Crippen LogP contribution < -0.4 is 10.6 Å². The minimum absolute atomic E-state index is 0. The van der Waals surface area contributed by atoms with Crippen LogP contribution in [0.3, 0.4) is 0 Å². The number of hydrogen-bond donors (Lipinski definition) is 2. The van der Waals surface area contributed by atoms with Crippen LogP contribution in [0.15, 0.2) is 38.6 Å². The quantitative estimate of drug-likeness (QED) is 0.161. The molecule has 0 aliphatic carbocycles. The van der Waals surface area contributed by atoms with Crippen LogP contribution in [0.4, 0.5) is 0 Å². The van der Waals surface area contributed by atoms with E-state index in [-0.39, 0.29) is 24.0 Å². The molecule has 0 aliphatic rings. The average molecular weight is 566 g/mol. The number of thioether (sulfide) groups is 1. The summed E-state index contributed by atoms with van der Waals surface area (Å²) < 4.78 is 3.10. The van der Waals surface area contributed by atoms with Gasteiger partial charge in [0.25, 0.3) is 0 Å². The molecule has 0 fully saturated rings. The molecule has 2 rings (SSSR count). The van der Waals surface area contributed by atoms with E-state index >= 15 is 0 Å². The Kier molecular flexibility index (Phi) is 11.4. The Morgan fingerprint density at radius 1 is 1.22 bits per heavy atom. The fourth-order valence-corrected chi connectivity index (χ4v) is 4.22. The molecule has 0 bridgehead atoms. The zero-order valence-corrected chi connectivity index (χ0v) is 21.1. The van der Waals surface area contributed by atoms with Gasteiger partial charge >= 0.3 is 0 Å². The Bertz CT molecular complexity index is 748. The van der Waals surface area contributed by atoms with Crippen LogP contribution in [0, 0.1) is 13.8 Å². The van der Waals surface area contributed by atoms with Gasteiger partial charge in [0, 0.05) is 47.8 Å². The lowest BCUT2D eigenvalue weighted by Crippen LogP contribution is -2.37. The van der Waals surface area contributed by atoms with E-state index in [1.165, 1.54) is 20.6 Å². The van der Waals surface area contributed by atoms with Gasteiger partial charge in [0.2, 0.25) is 0 Å². The highest BCUT2D eigenvalue weighted by molar-refractivity contribution is 14.0. The van der Waals surface area contributed by atoms with Crippen LogP contribution in [-0.4, -0.2) is 35.1 Å². The van der Waals surface area contributed by atoms with Crippen molar-refractivity contribution in [1.29, 1.82) is 0 Å². The van der Waals surface area contributed by atoms with E-state index in [0.717, 1.165) is 43.3 Å². The van der Waals surface area contributed by atoms with Crippen LogP contribution in [0.2, 0.25) is 0 Å². The molecule has 5 nitrogen and oxygen atoms in total. The molecule has 8 heteroatoms. The zero-order chi connectivity index (χ0) is 18.9. The number of hydrogen-bond acceptors (Lipinski definition) is 3. The number of halogens is 2. The van der Waals surface area contributed by atoms with E-state index in [1.54, 1.807) is 7.05 Å². The third kappa shape index (κ3) is 7.65. The standard InChI is InChI=1S/C19H28BrN5S.HI/c1-14-16(15(2)25(4)24-14)13-23-19(21-3)22-11-7-8-12-26-18-10-6-5-9-17(18)20;/h5-6,9-10H,7-8,11-13H2,1-4H3,(H2,21,22,23);1H. The number of guanidine groups is 1. The molecule has 0 saturated carbocycles. The van der Waals surface area contributed by atoms with E-state index < -0.39 is 0 Å². The van der Waals surface area contributed by atoms with Gasteiger partial charge in [-0.25, -0.2) is 0 Å². The van der Waals surface area contributed by atoms with Gasteiger partial charge in [-0.1, -0.05) is 12.1 Å². The number of rotatable bonds is 8. The van der Waals surface area contributed by atoms with Crippen LogP contribution >= 0.6 is 51.7 Å². The average Bonchev–Trinajstić information content (AvgIpc) is 2.87. The fraction of sp³-hybridized carbons (Fsp3) is 0.474. The van der Waals surface area contributed by atoms with Gasteiger partial charge in [-0.05, 0) is 60.5 Å². The summed E-state index contributed by atoms with van der Waals surface area (Å²) in [5, 5.41) is 11.2. The highest BCUT2D eigenvalue weighted by Gasteiger charge is 2.09. The lowest BCUT2D eigenvalue weighted by atomic mass is 10.2. The summed E-state index contributed by atoms with van der Waals surface area (Å²) in [6, 6.07) is 8.37. The molecule has 0 unspecified atom stereocenters. The third-order valence-electron chi connectivity index (χ3n) is 4.27. The van der Waals surface area contributed by atoms with E-state index in [0.29, 0.717) is 0 Å². The van der Waals surface area contributed by atoms with Crippen LogP contribution in [0.1, 0.15) is 29.8 Å². The first-order valence-corrected chi connectivity index (χ1v) is 10.6. The van der Waals surface area contributed by atoms with Gasteiger partial charge < -0.3 is 10.6 Å². The van der Waals surface area contributed by atoms with Crippen LogP contribution in [0.25, 0.3) is 0 Å². The Hall–Kier alpha value is -0.740. The summed E-state index contributed by atoms with van der Waals surface area (Å²) in [5.74, 6) is 1.95. The van der Waals surface area contributed by atoms with Crippen molar-refractivity contribution >= 4 is 57.6 Å². The number of benzene rings is 1. The number of aromatic nitrogens is 2. The molecular weight excluding hydrogens is 537 g/mol. The number of unbranched alkanes of at least 4 members (excludes halogenated alkanes) is 1. The largest absolute Gasteiger partial charge is 0.356 e. The number of nitrogens with zero attached hydrogens (tertiary/aromatic N) is 3. The van der Waals surface area contributed by atoms with Crippen molar-refractivity contribution in [2.24, 2.45) is 12.0 Å². The minimum atomic E-state index is 0. The first kappa shape index (κ1) is 24.3. The first-order chi connectivity index (χ1) is 12.5. The molecule has 0 saturated heterocycles. The van der Waals surface area contributed by atoms with Gasteiger partial charge in [0.15, 0.2) is 5.96 Å². The molecule has 2 N–H and O–H groups in total. The van der Waals surface area contributed by atoms with E-state index in [4.69, 9.17) is 0 Å². The lowest BCUT2D eigenvalue weighted by Gasteiger charge is -2.12. The van der Waals surface area contributed by atoms with Crippen LogP contribution in [-0.2, 0) is 13.6 Å². The Labute approximate surface area is 192 Å². The van der Waals surface area contributed by atoms with Gasteiger partial charge in [0.05, 0.1) is 5.69 Å². The Morgan fingerprint density at radius 2 is 1.96 bits per heavy atom. The van der Waals surface area contributed by atoms with Crippen molar-refractivity contribution in [3.63, 3.8) is 0 Å². The molecule has 0 spiro atoms. The topological polar surface area (TPSA) is 54.2 Å². The van der Waals surface area contributed by atoms with Crippen molar-refractivity contribution in [3.8, 4) is 0 Å². The molecule has 0 radical (unpaired) electrons. The zero-order valence-electron chi connectivity index (χ0n) is 16.4. The minimum Gasteiger partial charge on any atom is -0.356 e. The molecular formula is C19H29BrIN5S. The van der Waals surface area contributed by atoms with Gasteiger partial charge in [0.1, 0.15) is 0 Å². The highest BCUT2D eigenvalue weighted by atomic mass is 127. The van der Waals surface area contributed by atoms with Crippen molar-refractivity contribution in [2.75, 3.05) is 19.3 Å². The van der Waals surface area contributed by atoms with Gasteiger partial charge in [-0.3, -0.25) is 9.67 Å². The molecule has 150 valence electrons. The second-order valence-corrected chi connectivity index (χ2v) is 8.10. The monoisotopic (exact) mass is 565 g/mol. The Balaban J connectivity index is 0.00000364. The third-order valence-corrected chi connectivity index (χ3v) is 6.39. The summed E-state index contributed by atoms with van der Waals surface area (Å²) >= 11 is 5.49. The SMILES string of the molecule is CN=C(NCCCCSc1ccccc1Br)NCc1c(C)nn(C)c1C.I. The summed E-state index contributed by atoms with van der Waals surface area (Å²) in [6.07, 6.45) is 2.28. The normalized spacial score (nSPS) is 11.2. The summed E-state index contributed by atoms with van der Waals surface area (Å²) in [7, 11) is 3.78. The second-order valence-electron chi connectivity index (χ2n) is 6.11. The van der Waals surface area contributed by atoms with Gasteiger partial charge in [-0.2, -0.15) is 5.10 Å². The molecule has 1 aromatic heterocycles. The number of aliphatic imine (C=N–C) groups is 1. The number of nitrogens with one attached hydrogen (secondary N) is 2. The number of aryl methyl sites for hydroxylation is 2. The second kappa shape index (κ2) is 12.7. The van der Waals surface area contributed by atoms with Crippen molar-refractivity contribution in [2.45, 2.75) is 38.1 Å². The molecule has 0 aliphatic heterocycles. The predicted octanol–water partition coefficient (Wildman–Crippen LogP) is 4.65. The summed E-state index contributed by atoms with van der Waals surface area (Å²) in [5.41, 5.74) is 3.49. The Morgan fingerprint density at radius 3 is 2.59 bits per heavy atom. The summed E-state index contributed by atoms with van der Waals surface area (Å²) in [6.45, 7) is 5.79. The smallest absolute Gasteiger partial charge is 0.191 e. The van der Waals surface area contributed by atoms with E-state index in [1.807, 2.05) is 36.5 Å². The maximum absolute atomic E-state index is 4.45. The molecule has 0 atom stereocenters. The first-order valence-electron chi connectivity index (χ1n) is 8.84. The highest BCUT2D eigenvalue weighted by Crippen LogP contribution is 2.27. The van der Waals surface area contributed by atoms with E-state index in [9.17, 15) is 0 Å². The van der Waals surface area contributed by atoms with Crippen molar-refractivity contribution in [3.05, 3.63) is 45.7 Å². The van der Waals surface area contributed by atoms with E-state index in [2.05, 4.69) is 61.8 Å². The maximum atomic E-state index is 4.45. The predicted molar refractivity (Wildman–Crippen MR) is 130 cm³/mol.